The summed E-state index contributed by atoms with van der Waals surface area (Å²) in [5, 5.41) is 0. The number of H-pyrrole nitrogens is 1. The van der Waals surface area contributed by atoms with Gasteiger partial charge in [-0.2, -0.15) is 13.2 Å². The highest BCUT2D eigenvalue weighted by atomic mass is 32.2. The van der Waals surface area contributed by atoms with Crippen LogP contribution in [-0.2, 0) is 16.0 Å². The number of imidazole rings is 1. The second kappa shape index (κ2) is 4.37. The smallest absolute Gasteiger partial charge is 0.334 e. The molecule has 8 heteroatoms. The minimum Gasteiger partial charge on any atom is -0.334 e. The number of sulfone groups is 1. The van der Waals surface area contributed by atoms with Crippen molar-refractivity contribution < 1.29 is 21.6 Å². The molecular formula is C11H9F3N2O2S. The summed E-state index contributed by atoms with van der Waals surface area (Å²) in [4.78, 5) is 5.86. The van der Waals surface area contributed by atoms with Crippen molar-refractivity contribution >= 4 is 9.84 Å². The highest BCUT2D eigenvalue weighted by molar-refractivity contribution is 7.90. The van der Waals surface area contributed by atoms with Crippen LogP contribution in [0.15, 0.2) is 35.4 Å². The number of rotatable bonds is 2. The highest BCUT2D eigenvalue weighted by Gasteiger charge is 2.33. The van der Waals surface area contributed by atoms with Gasteiger partial charge < -0.3 is 4.98 Å². The van der Waals surface area contributed by atoms with Crippen LogP contribution in [0.5, 0.6) is 0 Å². The summed E-state index contributed by atoms with van der Waals surface area (Å²) in [7, 11) is -3.33. The first kappa shape index (κ1) is 13.6. The molecule has 2 aromatic rings. The molecular weight excluding hydrogens is 281 g/mol. The first-order valence-electron chi connectivity index (χ1n) is 5.10. The maximum Gasteiger partial charge on any atom is 0.432 e. The zero-order valence-corrected chi connectivity index (χ0v) is 10.5. The van der Waals surface area contributed by atoms with E-state index in [1.165, 1.54) is 24.3 Å². The summed E-state index contributed by atoms with van der Waals surface area (Å²) in [6, 6.07) is 5.44. The SMILES string of the molecule is CS(=O)(=O)c1ccc(-c2ncc(C(F)(F)F)[nH]2)cc1. The van der Waals surface area contributed by atoms with Crippen molar-refractivity contribution in [3.05, 3.63) is 36.2 Å². The molecule has 0 saturated carbocycles. The van der Waals surface area contributed by atoms with Crippen LogP contribution in [0.1, 0.15) is 5.69 Å². The number of alkyl halides is 3. The van der Waals surface area contributed by atoms with Crippen LogP contribution in [0.25, 0.3) is 11.4 Å². The molecule has 4 nitrogen and oxygen atoms in total. The minimum absolute atomic E-state index is 0.0346. The molecule has 0 radical (unpaired) electrons. The fraction of sp³-hybridized carbons (Fsp3) is 0.182. The van der Waals surface area contributed by atoms with Crippen molar-refractivity contribution in [2.45, 2.75) is 11.1 Å². The van der Waals surface area contributed by atoms with Crippen molar-refractivity contribution in [1.82, 2.24) is 9.97 Å². The van der Waals surface area contributed by atoms with Crippen LogP contribution in [-0.4, -0.2) is 24.6 Å². The van der Waals surface area contributed by atoms with E-state index in [0.717, 1.165) is 6.26 Å². The molecule has 1 aromatic heterocycles. The van der Waals surface area contributed by atoms with Gasteiger partial charge >= 0.3 is 6.18 Å². The highest BCUT2D eigenvalue weighted by Crippen LogP contribution is 2.29. The lowest BCUT2D eigenvalue weighted by Gasteiger charge is -2.02. The second-order valence-corrected chi connectivity index (χ2v) is 5.96. The minimum atomic E-state index is -4.49. The molecule has 0 unspecified atom stereocenters. The number of hydrogen-bond acceptors (Lipinski definition) is 3. The van der Waals surface area contributed by atoms with E-state index in [2.05, 4.69) is 9.97 Å². The van der Waals surface area contributed by atoms with Gasteiger partial charge in [-0.15, -0.1) is 0 Å². The standard InChI is InChI=1S/C11H9F3N2O2S/c1-19(17,18)8-4-2-7(3-5-8)10-15-6-9(16-10)11(12,13)14/h2-6H,1H3,(H,15,16). The van der Waals surface area contributed by atoms with Crippen LogP contribution in [0.3, 0.4) is 0 Å². The molecule has 2 rings (SSSR count). The Kier molecular flexibility index (Phi) is 3.13. The van der Waals surface area contributed by atoms with Crippen molar-refractivity contribution in [1.29, 1.82) is 0 Å². The van der Waals surface area contributed by atoms with Gasteiger partial charge in [0.05, 0.1) is 11.1 Å². The third kappa shape index (κ3) is 2.95. The average Bonchev–Trinajstić information content (AvgIpc) is 2.77. The zero-order chi connectivity index (χ0) is 14.3. The van der Waals surface area contributed by atoms with Gasteiger partial charge in [-0.1, -0.05) is 0 Å². The Morgan fingerprint density at radius 1 is 1.16 bits per heavy atom. The number of nitrogens with zero attached hydrogens (tertiary/aromatic N) is 1. The van der Waals surface area contributed by atoms with E-state index in [-0.39, 0.29) is 10.7 Å². The molecule has 0 atom stereocenters. The topological polar surface area (TPSA) is 62.8 Å². The number of aromatic nitrogens is 2. The van der Waals surface area contributed by atoms with Gasteiger partial charge in [0.2, 0.25) is 0 Å². The van der Waals surface area contributed by atoms with Gasteiger partial charge in [0.15, 0.2) is 9.84 Å². The van der Waals surface area contributed by atoms with Gasteiger partial charge in [0.1, 0.15) is 11.5 Å². The Balaban J connectivity index is 2.36. The molecule has 0 fully saturated rings. The average molecular weight is 290 g/mol. The molecule has 0 saturated heterocycles. The Labute approximate surface area is 107 Å². The third-order valence-electron chi connectivity index (χ3n) is 2.44. The van der Waals surface area contributed by atoms with E-state index >= 15 is 0 Å². The largest absolute Gasteiger partial charge is 0.432 e. The van der Waals surface area contributed by atoms with Crippen LogP contribution >= 0.6 is 0 Å². The van der Waals surface area contributed by atoms with E-state index in [0.29, 0.717) is 11.8 Å². The van der Waals surface area contributed by atoms with Gasteiger partial charge in [0.25, 0.3) is 0 Å². The van der Waals surface area contributed by atoms with E-state index in [9.17, 15) is 21.6 Å². The Morgan fingerprint density at radius 3 is 2.16 bits per heavy atom. The molecule has 1 N–H and O–H groups in total. The molecule has 19 heavy (non-hydrogen) atoms. The van der Waals surface area contributed by atoms with Crippen LogP contribution in [0, 0.1) is 0 Å². The van der Waals surface area contributed by atoms with Crippen LogP contribution in [0.2, 0.25) is 0 Å². The lowest BCUT2D eigenvalue weighted by molar-refractivity contribution is -0.140. The van der Waals surface area contributed by atoms with Gasteiger partial charge in [-0.05, 0) is 24.3 Å². The summed E-state index contributed by atoms with van der Waals surface area (Å²) in [6.07, 6.45) is -2.74. The molecule has 0 amide bonds. The summed E-state index contributed by atoms with van der Waals surface area (Å²) in [5.41, 5.74) is -0.572. The normalized spacial score (nSPS) is 12.6. The second-order valence-electron chi connectivity index (χ2n) is 3.94. The lowest BCUT2D eigenvalue weighted by Crippen LogP contribution is -2.04. The maximum atomic E-state index is 12.4. The Hall–Kier alpha value is -1.83. The van der Waals surface area contributed by atoms with E-state index in [4.69, 9.17) is 0 Å². The van der Waals surface area contributed by atoms with Gasteiger partial charge in [-0.3, -0.25) is 0 Å². The van der Waals surface area contributed by atoms with Gasteiger partial charge in [0, 0.05) is 11.8 Å². The quantitative estimate of drug-likeness (QED) is 0.924. The van der Waals surface area contributed by atoms with E-state index < -0.39 is 21.7 Å². The number of hydrogen-bond donors (Lipinski definition) is 1. The number of aromatic amines is 1. The first-order valence-corrected chi connectivity index (χ1v) is 7.00. The predicted octanol–water partition coefficient (Wildman–Crippen LogP) is 2.50. The van der Waals surface area contributed by atoms with Crippen molar-refractivity contribution in [2.24, 2.45) is 0 Å². The molecule has 1 heterocycles. The fourth-order valence-electron chi connectivity index (χ4n) is 1.47. The summed E-state index contributed by atoms with van der Waals surface area (Å²) in [6.45, 7) is 0. The Bertz CT molecular complexity index is 687. The number of halogens is 3. The summed E-state index contributed by atoms with van der Waals surface area (Å²) >= 11 is 0. The summed E-state index contributed by atoms with van der Waals surface area (Å²) < 4.78 is 59.6. The fourth-order valence-corrected chi connectivity index (χ4v) is 2.10. The molecule has 0 bridgehead atoms. The number of benzene rings is 1. The third-order valence-corrected chi connectivity index (χ3v) is 3.57. The van der Waals surface area contributed by atoms with E-state index in [1.54, 1.807) is 0 Å². The number of nitrogens with one attached hydrogen (secondary N) is 1. The van der Waals surface area contributed by atoms with Crippen molar-refractivity contribution in [3.63, 3.8) is 0 Å². The monoisotopic (exact) mass is 290 g/mol. The van der Waals surface area contributed by atoms with Crippen molar-refractivity contribution in [3.8, 4) is 11.4 Å². The van der Waals surface area contributed by atoms with E-state index in [1.807, 2.05) is 0 Å². The Morgan fingerprint density at radius 2 is 1.74 bits per heavy atom. The molecule has 0 spiro atoms. The molecule has 102 valence electrons. The van der Waals surface area contributed by atoms with Crippen LogP contribution < -0.4 is 0 Å². The molecule has 0 aliphatic rings. The molecule has 0 aliphatic carbocycles. The lowest BCUT2D eigenvalue weighted by atomic mass is 10.2. The van der Waals surface area contributed by atoms with Gasteiger partial charge in [-0.25, -0.2) is 13.4 Å². The zero-order valence-electron chi connectivity index (χ0n) is 9.69. The molecule has 0 aliphatic heterocycles. The maximum absolute atomic E-state index is 12.4. The predicted molar refractivity (Wildman–Crippen MR) is 62.1 cm³/mol. The first-order chi connectivity index (χ1) is 8.68. The van der Waals surface area contributed by atoms with Crippen molar-refractivity contribution in [2.75, 3.05) is 6.26 Å². The van der Waals surface area contributed by atoms with Crippen LogP contribution in [0.4, 0.5) is 13.2 Å². The molecule has 1 aromatic carbocycles. The summed E-state index contributed by atoms with van der Waals surface area (Å²) in [5.74, 6) is 0.0346.